The summed E-state index contributed by atoms with van der Waals surface area (Å²) in [6.07, 6.45) is 13.0. The summed E-state index contributed by atoms with van der Waals surface area (Å²) in [7, 11) is -4.65. The van der Waals surface area contributed by atoms with Crippen molar-refractivity contribution < 1.29 is 27.6 Å². The number of ether oxygens (including phenoxy) is 2. The number of likely N-dealkylation sites (tertiary alicyclic amines) is 1. The van der Waals surface area contributed by atoms with Crippen LogP contribution >= 0.6 is 0 Å². The van der Waals surface area contributed by atoms with E-state index < -0.39 is 31.6 Å². The molecule has 3 aliphatic heterocycles. The predicted molar refractivity (Wildman–Crippen MR) is 236 cm³/mol. The van der Waals surface area contributed by atoms with Crippen molar-refractivity contribution >= 4 is 44.0 Å². The summed E-state index contributed by atoms with van der Waals surface area (Å²) in [6.45, 7) is 9.09. The van der Waals surface area contributed by atoms with E-state index in [0.717, 1.165) is 68.7 Å². The summed E-state index contributed by atoms with van der Waals surface area (Å²) in [5.74, 6) is 0.284. The molecule has 6 heterocycles. The van der Waals surface area contributed by atoms with Crippen LogP contribution in [0.15, 0.2) is 84.3 Å². The van der Waals surface area contributed by atoms with Gasteiger partial charge in [-0.2, -0.15) is 8.42 Å². The first kappa shape index (κ1) is 41.8. The highest BCUT2D eigenvalue weighted by atomic mass is 32.2. The Morgan fingerprint density at radius 1 is 1.02 bits per heavy atom. The van der Waals surface area contributed by atoms with Crippen LogP contribution in [0.5, 0.6) is 11.5 Å². The molecule has 62 heavy (non-hydrogen) atoms. The number of piperidine rings is 1. The Kier molecular flexibility index (Phi) is 11.6. The third-order valence-corrected chi connectivity index (χ3v) is 14.8. The highest BCUT2D eigenvalue weighted by Gasteiger charge is 2.50. The maximum absolute atomic E-state index is 13.9. The lowest BCUT2D eigenvalue weighted by molar-refractivity contribution is -0.384. The molecule has 2 aromatic carbocycles. The van der Waals surface area contributed by atoms with Crippen LogP contribution in [-0.2, 0) is 14.8 Å². The molecule has 15 nitrogen and oxygen atoms in total. The second kappa shape index (κ2) is 17.3. The number of anilines is 2. The van der Waals surface area contributed by atoms with Crippen LogP contribution < -0.4 is 19.7 Å². The second-order valence-corrected chi connectivity index (χ2v) is 19.4. The Morgan fingerprint density at radius 2 is 1.81 bits per heavy atom. The number of amides is 1. The van der Waals surface area contributed by atoms with Crippen LogP contribution in [-0.4, -0.2) is 84.5 Å². The number of fused-ring (bicyclic) bond motifs is 1. The van der Waals surface area contributed by atoms with Crippen molar-refractivity contribution in [2.45, 2.75) is 88.2 Å². The summed E-state index contributed by atoms with van der Waals surface area (Å²) in [5, 5.41) is 15.3. The molecule has 4 aliphatic rings. The number of nitrogens with zero attached hydrogens (tertiary/aromatic N) is 5. The molecule has 1 saturated carbocycles. The van der Waals surface area contributed by atoms with E-state index >= 15 is 0 Å². The number of benzene rings is 2. The normalized spacial score (nSPS) is 19.8. The third kappa shape index (κ3) is 8.59. The molecule has 5 aromatic rings. The number of H-pyrrole nitrogens is 1. The predicted octanol–water partition coefficient (Wildman–Crippen LogP) is 8.33. The molecule has 1 amide bonds. The van der Waals surface area contributed by atoms with Crippen LogP contribution in [0.3, 0.4) is 0 Å². The number of hydrogen-bond acceptors (Lipinski definition) is 12. The van der Waals surface area contributed by atoms with Crippen molar-refractivity contribution in [2.24, 2.45) is 11.3 Å². The Morgan fingerprint density at radius 3 is 2.58 bits per heavy atom. The largest absolute Gasteiger partial charge is 0.455 e. The van der Waals surface area contributed by atoms with Crippen LogP contribution in [0.4, 0.5) is 17.1 Å². The van der Waals surface area contributed by atoms with Gasteiger partial charge in [0.25, 0.3) is 21.6 Å². The smallest absolute Gasteiger partial charge is 0.296 e. The average Bonchev–Trinajstić information content (AvgIpc) is 3.95. The fourth-order valence-electron chi connectivity index (χ4n) is 10.1. The molecule has 3 saturated heterocycles. The number of hydrogen-bond donors (Lipinski definition) is 3. The van der Waals surface area contributed by atoms with Crippen LogP contribution in [0.25, 0.3) is 11.0 Å². The zero-order valence-corrected chi connectivity index (χ0v) is 36.0. The minimum atomic E-state index is -4.65. The van der Waals surface area contributed by atoms with Gasteiger partial charge in [-0.1, -0.05) is 38.1 Å². The topological polar surface area (TPSA) is 185 Å². The van der Waals surface area contributed by atoms with Gasteiger partial charge in [0.2, 0.25) is 0 Å². The highest BCUT2D eigenvalue weighted by Crippen LogP contribution is 2.54. The summed E-state index contributed by atoms with van der Waals surface area (Å²) in [6, 6.07) is 19.7. The number of aromatic nitrogens is 3. The van der Waals surface area contributed by atoms with Gasteiger partial charge in [-0.15, -0.1) is 0 Å². The maximum atomic E-state index is 13.9. The van der Waals surface area contributed by atoms with Gasteiger partial charge in [0.15, 0.2) is 5.03 Å². The van der Waals surface area contributed by atoms with Crippen molar-refractivity contribution in [1.29, 1.82) is 0 Å². The Balaban J connectivity index is 0.903. The van der Waals surface area contributed by atoms with Crippen molar-refractivity contribution in [3.8, 4) is 11.5 Å². The molecule has 9 rings (SSSR count). The summed E-state index contributed by atoms with van der Waals surface area (Å²) in [4.78, 5) is 41.9. The van der Waals surface area contributed by atoms with E-state index in [4.69, 9.17) is 9.47 Å². The van der Waals surface area contributed by atoms with Gasteiger partial charge in [0.05, 0.1) is 28.9 Å². The van der Waals surface area contributed by atoms with Crippen molar-refractivity contribution in [2.75, 3.05) is 49.6 Å². The Bertz CT molecular complexity index is 2560. The molecule has 16 heteroatoms. The minimum absolute atomic E-state index is 0.0368. The SMILES string of the molecule is CC(C)c1ccccc1[C@H]1CCCN1C1CC2(CCN(c3ccc(C(=O)NS(=O)(=O)c4cc([N+](=O)[O-])c(NCC5CCOCC5)cn4)c(Oc4cnc5[nH]ccc5c4)c3)CC2)C1. The maximum Gasteiger partial charge on any atom is 0.296 e. The monoisotopic (exact) mass is 862 g/mol. The van der Waals surface area contributed by atoms with Gasteiger partial charge in [-0.3, -0.25) is 19.8 Å². The highest BCUT2D eigenvalue weighted by molar-refractivity contribution is 7.90. The molecule has 0 bridgehead atoms. The number of carbonyl (C=O) groups excluding carboxylic acids is 1. The molecule has 1 atom stereocenters. The summed E-state index contributed by atoms with van der Waals surface area (Å²) >= 11 is 0. The molecule has 3 N–H and O–H groups in total. The lowest BCUT2D eigenvalue weighted by Crippen LogP contribution is -2.54. The number of nitrogens with one attached hydrogen (secondary N) is 3. The fourth-order valence-corrected chi connectivity index (χ4v) is 11.0. The van der Waals surface area contributed by atoms with Crippen LogP contribution in [0, 0.1) is 21.4 Å². The molecule has 3 aromatic heterocycles. The van der Waals surface area contributed by atoms with Crippen molar-refractivity contribution in [1.82, 2.24) is 24.6 Å². The first-order valence-corrected chi connectivity index (χ1v) is 23.3. The molecule has 4 fully saturated rings. The number of sulfonamides is 1. The quantitative estimate of drug-likeness (QED) is 0.0761. The van der Waals surface area contributed by atoms with E-state index in [2.05, 4.69) is 72.9 Å². The molecule has 1 aliphatic carbocycles. The first-order valence-electron chi connectivity index (χ1n) is 21.8. The van der Waals surface area contributed by atoms with Crippen LogP contribution in [0.2, 0.25) is 0 Å². The van der Waals surface area contributed by atoms with Gasteiger partial charge in [-0.05, 0) is 111 Å². The first-order chi connectivity index (χ1) is 29.9. The van der Waals surface area contributed by atoms with Gasteiger partial charge >= 0.3 is 0 Å². The number of aromatic amines is 1. The standard InChI is InChI=1S/C46H54N8O7S/c1-30(2)36-6-3-4-7-37(36)40-8-5-17-53(40)34-25-46(26-34)14-18-52(19-15-46)33-9-10-38(42(23-33)61-35-22-32-11-16-47-44(32)50-28-35)45(55)51-62(58,59)43-24-41(54(56)57)39(29-49-43)48-27-31-12-20-60-21-13-31/h3-4,6-7,9-11,16,22-24,28-31,34,40,48H,5,8,12-15,17-21,25-27H2,1-2H3,(H,47,50)(H,51,55)/t40-/m1/s1. The van der Waals surface area contributed by atoms with E-state index in [1.165, 1.54) is 43.0 Å². The van der Waals surface area contributed by atoms with Gasteiger partial charge < -0.3 is 24.7 Å². The van der Waals surface area contributed by atoms with E-state index in [9.17, 15) is 23.3 Å². The molecular formula is C46H54N8O7S. The zero-order chi connectivity index (χ0) is 43.0. The van der Waals surface area contributed by atoms with E-state index in [1.54, 1.807) is 24.4 Å². The molecule has 0 radical (unpaired) electrons. The van der Waals surface area contributed by atoms with Crippen molar-refractivity contribution in [3.05, 3.63) is 106 Å². The minimum Gasteiger partial charge on any atom is -0.455 e. The number of nitro groups is 1. The van der Waals surface area contributed by atoms with Gasteiger partial charge in [0.1, 0.15) is 22.8 Å². The third-order valence-electron chi connectivity index (χ3n) is 13.6. The molecule has 326 valence electrons. The second-order valence-electron chi connectivity index (χ2n) is 17.8. The van der Waals surface area contributed by atoms with Crippen molar-refractivity contribution in [3.63, 3.8) is 0 Å². The molecular weight excluding hydrogens is 809 g/mol. The van der Waals surface area contributed by atoms with E-state index in [1.807, 2.05) is 12.1 Å². The summed E-state index contributed by atoms with van der Waals surface area (Å²) < 4.78 is 41.1. The lowest BCUT2D eigenvalue weighted by atomic mass is 9.59. The van der Waals surface area contributed by atoms with Gasteiger partial charge in [0, 0.05) is 68.3 Å². The molecule has 0 unspecified atom stereocenters. The fraction of sp³-hybridized carbons (Fsp3) is 0.457. The number of pyridine rings is 2. The lowest BCUT2D eigenvalue weighted by Gasteiger charge is -2.56. The number of carbonyl (C=O) groups is 1. The molecule has 1 spiro atoms. The van der Waals surface area contributed by atoms with Crippen LogP contribution in [0.1, 0.15) is 98.7 Å². The van der Waals surface area contributed by atoms with E-state index in [0.29, 0.717) is 54.6 Å². The Labute approximate surface area is 361 Å². The number of rotatable bonds is 13. The zero-order valence-electron chi connectivity index (χ0n) is 35.2. The van der Waals surface area contributed by atoms with Gasteiger partial charge in [-0.25, -0.2) is 14.7 Å². The summed E-state index contributed by atoms with van der Waals surface area (Å²) in [5.41, 5.74) is 4.38. The Hall–Kier alpha value is -5.58. The average molecular weight is 863 g/mol. The van der Waals surface area contributed by atoms with E-state index in [-0.39, 0.29) is 22.9 Å².